The summed E-state index contributed by atoms with van der Waals surface area (Å²) >= 11 is 1.57. The van der Waals surface area contributed by atoms with E-state index in [1.807, 2.05) is 63.5 Å². The number of amides is 3. The number of hydrogen-bond acceptors (Lipinski definition) is 18. The zero-order valence-corrected chi connectivity index (χ0v) is 47.2. The van der Waals surface area contributed by atoms with Gasteiger partial charge in [0.25, 0.3) is 0 Å². The van der Waals surface area contributed by atoms with Gasteiger partial charge < -0.3 is 50.0 Å². The smallest absolute Gasteiger partial charge is 0.243 e. The number of β-amino-alcohol motifs (C(OH)–C–C–N with tert-alkyl or cyclic N) is 2. The van der Waals surface area contributed by atoms with E-state index in [4.69, 9.17) is 18.9 Å². The molecule has 0 bridgehead atoms. The number of nitrogens with one attached hydrogen (secondary N) is 3. The van der Waals surface area contributed by atoms with E-state index in [0.717, 1.165) is 54.3 Å². The van der Waals surface area contributed by atoms with Gasteiger partial charge in [-0.15, -0.1) is 11.3 Å². The van der Waals surface area contributed by atoms with Gasteiger partial charge in [0, 0.05) is 103 Å². The lowest BCUT2D eigenvalue weighted by Crippen LogP contribution is -2.56. The molecule has 0 aliphatic carbocycles. The first-order chi connectivity index (χ1) is 38.1. The molecule has 2 fully saturated rings. The van der Waals surface area contributed by atoms with Crippen LogP contribution in [0.1, 0.15) is 92.2 Å². The predicted molar refractivity (Wildman–Crippen MR) is 299 cm³/mol. The van der Waals surface area contributed by atoms with Gasteiger partial charge in [-0.3, -0.25) is 33.8 Å². The van der Waals surface area contributed by atoms with Gasteiger partial charge >= 0.3 is 0 Å². The van der Waals surface area contributed by atoms with Crippen LogP contribution in [0.5, 0.6) is 0 Å². The van der Waals surface area contributed by atoms with Crippen molar-refractivity contribution in [3.8, 4) is 10.4 Å². The van der Waals surface area contributed by atoms with Crippen LogP contribution in [-0.4, -0.2) is 192 Å². The lowest BCUT2D eigenvalue weighted by atomic mass is 9.76. The quantitative estimate of drug-likeness (QED) is 0.0331. The maximum atomic E-state index is 14.0. The summed E-state index contributed by atoms with van der Waals surface area (Å²) in [5, 5.41) is 30.5. The van der Waals surface area contributed by atoms with Crippen LogP contribution in [0.3, 0.4) is 0 Å². The van der Waals surface area contributed by atoms with Gasteiger partial charge in [-0.05, 0) is 47.4 Å². The van der Waals surface area contributed by atoms with Crippen LogP contribution < -0.4 is 16.0 Å². The molecule has 2 saturated heterocycles. The first-order valence-corrected chi connectivity index (χ1v) is 28.6. The summed E-state index contributed by atoms with van der Waals surface area (Å²) in [6, 6.07) is 17.3. The number of ketones is 2. The van der Waals surface area contributed by atoms with Gasteiger partial charge in [-0.25, -0.2) is 15.0 Å². The van der Waals surface area contributed by atoms with Crippen molar-refractivity contribution in [3.63, 3.8) is 0 Å². The molecule has 7 rings (SSSR count). The van der Waals surface area contributed by atoms with Crippen molar-refractivity contribution in [2.75, 3.05) is 104 Å². The Morgan fingerprint density at radius 3 is 2.18 bits per heavy atom. The summed E-state index contributed by atoms with van der Waals surface area (Å²) in [6.45, 7) is 15.5. The topological polar surface area (TPSA) is 247 Å². The van der Waals surface area contributed by atoms with E-state index < -0.39 is 29.6 Å². The van der Waals surface area contributed by atoms with Crippen molar-refractivity contribution in [1.82, 2.24) is 40.3 Å². The van der Waals surface area contributed by atoms with Crippen LogP contribution in [0.4, 0.5) is 5.82 Å². The Balaban J connectivity index is 0.650. The summed E-state index contributed by atoms with van der Waals surface area (Å²) in [6.07, 6.45) is 1.99. The third-order valence-corrected chi connectivity index (χ3v) is 15.6. The largest absolute Gasteiger partial charge is 0.392 e. The molecule has 0 radical (unpaired) electrons. The molecule has 0 unspecified atom stereocenters. The van der Waals surface area contributed by atoms with Gasteiger partial charge in [0.2, 0.25) is 17.7 Å². The number of aryl methyl sites for hydroxylation is 1. The number of rotatable bonds is 33. The van der Waals surface area contributed by atoms with Crippen molar-refractivity contribution in [2.24, 2.45) is 11.3 Å². The highest BCUT2D eigenvalue weighted by Gasteiger charge is 2.44. The zero-order chi connectivity index (χ0) is 56.2. The molecular formula is C58H81N9O11S. The highest BCUT2D eigenvalue weighted by Crippen LogP contribution is 2.34. The number of thiazole rings is 1. The number of fused-ring (bicyclic) bond motifs is 1. The average molecular weight is 1110 g/mol. The number of hydrogen-bond donors (Lipinski definition) is 5. The third-order valence-electron chi connectivity index (χ3n) is 14.6. The Hall–Kier alpha value is -5.62. The summed E-state index contributed by atoms with van der Waals surface area (Å²) < 4.78 is 22.4. The van der Waals surface area contributed by atoms with Crippen molar-refractivity contribution >= 4 is 46.4 Å². The molecule has 4 aromatic rings. The minimum Gasteiger partial charge on any atom is -0.392 e. The Bertz CT molecular complexity index is 2590. The summed E-state index contributed by atoms with van der Waals surface area (Å²) in [7, 11) is 0. The molecule has 3 aliphatic heterocycles. The number of likely N-dealkylation sites (tertiary alicyclic amines) is 2. The van der Waals surface area contributed by atoms with Crippen LogP contribution in [0.2, 0.25) is 0 Å². The lowest BCUT2D eigenvalue weighted by Gasteiger charge is -2.39. The SMILES string of the molecule is Cc1ncsc1-c1ccc(CNC(=O)[C@@H]2C[C@@H](O)CN2C(=O)[C@@H](CC(=O)CCOCCOCCOCCOCCC(=O)NCCN2CC(Nc3cc(C(=O)CC[C@H](O)CN4CCc5ccccc5C4)ncn3)C2)C(C)(C)C)cc1. The Morgan fingerprint density at radius 2 is 1.49 bits per heavy atom. The molecule has 4 atom stereocenters. The van der Waals surface area contributed by atoms with Crippen molar-refractivity contribution < 1.29 is 53.1 Å². The molecule has 430 valence electrons. The number of aromatic nitrogens is 3. The lowest BCUT2D eigenvalue weighted by molar-refractivity contribution is -0.146. The van der Waals surface area contributed by atoms with Gasteiger partial charge in [0.15, 0.2) is 5.78 Å². The summed E-state index contributed by atoms with van der Waals surface area (Å²) in [5.74, 6) is -1.09. The number of aliphatic hydroxyl groups is 2. The normalized spacial score (nSPS) is 17.7. The number of ether oxygens (including phenoxy) is 4. The highest BCUT2D eigenvalue weighted by atomic mass is 32.1. The van der Waals surface area contributed by atoms with Crippen molar-refractivity contribution in [2.45, 2.75) is 110 Å². The second-order valence-corrected chi connectivity index (χ2v) is 22.7. The van der Waals surface area contributed by atoms with Crippen LogP contribution in [0, 0.1) is 18.3 Å². The second-order valence-electron chi connectivity index (χ2n) is 21.8. The van der Waals surface area contributed by atoms with E-state index in [-0.39, 0.29) is 100 Å². The highest BCUT2D eigenvalue weighted by molar-refractivity contribution is 7.13. The molecule has 21 heteroatoms. The number of benzene rings is 2. The fourth-order valence-corrected chi connectivity index (χ4v) is 10.8. The molecule has 5 heterocycles. The molecular weight excluding hydrogens is 1030 g/mol. The van der Waals surface area contributed by atoms with Crippen LogP contribution >= 0.6 is 11.3 Å². The first kappa shape index (κ1) is 61.0. The number of aliphatic hydroxyl groups excluding tert-OH is 2. The van der Waals surface area contributed by atoms with Crippen LogP contribution in [0.15, 0.2) is 66.4 Å². The van der Waals surface area contributed by atoms with Crippen LogP contribution in [0.25, 0.3) is 10.4 Å². The Kier molecular flexibility index (Phi) is 23.8. The Morgan fingerprint density at radius 1 is 0.810 bits per heavy atom. The number of nitrogens with zero attached hydrogens (tertiary/aromatic N) is 6. The maximum Gasteiger partial charge on any atom is 0.243 e. The van der Waals surface area contributed by atoms with Gasteiger partial charge in [-0.1, -0.05) is 69.3 Å². The molecule has 0 saturated carbocycles. The van der Waals surface area contributed by atoms with E-state index in [0.29, 0.717) is 70.6 Å². The molecule has 3 aliphatic rings. The van der Waals surface area contributed by atoms with Crippen LogP contribution in [-0.2, 0) is 57.6 Å². The zero-order valence-electron chi connectivity index (χ0n) is 46.4. The molecule has 3 amide bonds. The average Bonchev–Trinajstić information content (AvgIpc) is 4.07. The van der Waals surface area contributed by atoms with Crippen molar-refractivity contribution in [1.29, 1.82) is 0 Å². The second kappa shape index (κ2) is 30.8. The molecule has 5 N–H and O–H groups in total. The summed E-state index contributed by atoms with van der Waals surface area (Å²) in [5.41, 5.74) is 7.16. The molecule has 20 nitrogen and oxygen atoms in total. The fourth-order valence-electron chi connectivity index (χ4n) is 9.98. The Labute approximate surface area is 468 Å². The van der Waals surface area contributed by atoms with E-state index in [9.17, 15) is 34.2 Å². The van der Waals surface area contributed by atoms with E-state index in [1.165, 1.54) is 22.4 Å². The number of carbonyl (C=O) groups is 5. The maximum absolute atomic E-state index is 14.0. The predicted octanol–water partition coefficient (Wildman–Crippen LogP) is 4.25. The minimum atomic E-state index is -0.843. The molecule has 79 heavy (non-hydrogen) atoms. The summed E-state index contributed by atoms with van der Waals surface area (Å²) in [4.78, 5) is 85.7. The van der Waals surface area contributed by atoms with Gasteiger partial charge in [-0.2, -0.15) is 0 Å². The van der Waals surface area contributed by atoms with E-state index in [1.54, 1.807) is 17.4 Å². The molecule has 2 aromatic carbocycles. The van der Waals surface area contributed by atoms with E-state index in [2.05, 4.69) is 58.9 Å². The molecule has 0 spiro atoms. The minimum absolute atomic E-state index is 0.00494. The number of Topliss-reactive ketones (excluding diaryl/α,β-unsaturated/α-hetero) is 2. The first-order valence-electron chi connectivity index (χ1n) is 27.8. The number of carbonyl (C=O) groups excluding carboxylic acids is 5. The molecule has 2 aromatic heterocycles. The van der Waals surface area contributed by atoms with Crippen molar-refractivity contribution in [3.05, 3.63) is 94.5 Å². The monoisotopic (exact) mass is 1110 g/mol. The fraction of sp³-hybridized carbons (Fsp3) is 0.586. The van der Waals surface area contributed by atoms with Gasteiger partial charge in [0.05, 0.1) is 87.2 Å². The standard InChI is InChI=1S/C58H81N9O11S/c1-40-55(79-39-63-40)43-11-9-41(10-12-43)32-60-56(73)51-30-48(70)37-67(51)57(74)49(58(2,3)4)29-46(68)16-21-75-23-25-77-27-28-78-26-24-76-22-17-54(72)59-18-20-66-34-45(35-66)64-53-31-50(61-38-62-53)52(71)14-13-47(69)36-65-19-15-42-7-5-6-8-44(42)33-65/h5-12,31,38-39,45,47-49,51,69-70H,13-30,32-37H2,1-4H3,(H,59,72)(H,60,73)(H,61,62,64)/t47-,48+,49+,51-/m0/s1. The third kappa shape index (κ3) is 19.6. The van der Waals surface area contributed by atoms with Gasteiger partial charge in [0.1, 0.15) is 29.7 Å². The number of anilines is 1. The van der Waals surface area contributed by atoms with E-state index >= 15 is 0 Å².